The predicted molar refractivity (Wildman–Crippen MR) is 62.2 cm³/mol. The van der Waals surface area contributed by atoms with E-state index < -0.39 is 5.97 Å². The van der Waals surface area contributed by atoms with Crippen molar-refractivity contribution in [3.8, 4) is 0 Å². The quantitative estimate of drug-likeness (QED) is 0.703. The van der Waals surface area contributed by atoms with Gasteiger partial charge in [0.25, 0.3) is 0 Å². The van der Waals surface area contributed by atoms with Gasteiger partial charge in [0.2, 0.25) is 0 Å². The van der Waals surface area contributed by atoms with E-state index in [1.165, 1.54) is 10.4 Å². The van der Waals surface area contributed by atoms with E-state index in [9.17, 15) is 4.79 Å². The molecule has 0 fully saturated rings. The summed E-state index contributed by atoms with van der Waals surface area (Å²) in [5.41, 5.74) is 1.33. The van der Waals surface area contributed by atoms with Gasteiger partial charge in [0.05, 0.1) is 0 Å². The number of carboxylic acids is 1. The van der Waals surface area contributed by atoms with Gasteiger partial charge >= 0.3 is 5.97 Å². The minimum Gasteiger partial charge on any atom is -0.481 e. The van der Waals surface area contributed by atoms with Gasteiger partial charge in [-0.2, -0.15) is 0 Å². The van der Waals surface area contributed by atoms with E-state index in [0.717, 1.165) is 25.9 Å². The van der Waals surface area contributed by atoms with Crippen molar-refractivity contribution in [1.29, 1.82) is 0 Å². The fourth-order valence-electron chi connectivity index (χ4n) is 1.31. The molecule has 0 spiro atoms. The number of carboxylic acid groups (broad SMARTS) is 1. The van der Waals surface area contributed by atoms with Crippen LogP contribution in [-0.2, 0) is 11.3 Å². The van der Waals surface area contributed by atoms with Crippen LogP contribution in [0.3, 0.4) is 0 Å². The number of thiophene rings is 1. The summed E-state index contributed by atoms with van der Waals surface area (Å²) in [6.07, 6.45) is 1.96. The van der Waals surface area contributed by atoms with Gasteiger partial charge in [-0.25, -0.2) is 0 Å². The third-order valence-corrected chi connectivity index (χ3v) is 3.27. The highest BCUT2D eigenvalue weighted by atomic mass is 32.1. The maximum absolute atomic E-state index is 10.2. The summed E-state index contributed by atoms with van der Waals surface area (Å²) in [7, 11) is 0. The lowest BCUT2D eigenvalue weighted by molar-refractivity contribution is -0.137. The van der Waals surface area contributed by atoms with Crippen LogP contribution >= 0.6 is 11.3 Å². The molecule has 1 rings (SSSR count). The van der Waals surface area contributed by atoms with Crippen LogP contribution in [0, 0.1) is 6.92 Å². The predicted octanol–water partition coefficient (Wildman–Crippen LogP) is 2.40. The molecule has 0 saturated carbocycles. The summed E-state index contributed by atoms with van der Waals surface area (Å²) in [6, 6.07) is 2.12. The number of hydrogen-bond acceptors (Lipinski definition) is 3. The molecule has 0 aromatic carbocycles. The van der Waals surface area contributed by atoms with Crippen molar-refractivity contribution < 1.29 is 9.90 Å². The second-order valence-electron chi connectivity index (χ2n) is 3.55. The zero-order valence-electron chi connectivity index (χ0n) is 8.95. The Morgan fingerprint density at radius 1 is 1.53 bits per heavy atom. The molecule has 0 bridgehead atoms. The normalized spacial score (nSPS) is 10.5. The average molecular weight is 227 g/mol. The van der Waals surface area contributed by atoms with Gasteiger partial charge in [0.1, 0.15) is 0 Å². The molecule has 1 aromatic rings. The number of unbranched alkanes of at least 4 members (excludes halogenated alkanes) is 1. The fraction of sp³-hybridized carbons (Fsp3) is 0.545. The summed E-state index contributed by atoms with van der Waals surface area (Å²) in [5.74, 6) is -0.705. The number of nitrogens with one attached hydrogen (secondary N) is 1. The second-order valence-corrected chi connectivity index (χ2v) is 4.56. The van der Waals surface area contributed by atoms with Gasteiger partial charge in [-0.15, -0.1) is 11.3 Å². The van der Waals surface area contributed by atoms with Crippen molar-refractivity contribution in [2.75, 3.05) is 6.54 Å². The molecule has 15 heavy (non-hydrogen) atoms. The number of hydrogen-bond donors (Lipinski definition) is 2. The molecule has 0 unspecified atom stereocenters. The summed E-state index contributed by atoms with van der Waals surface area (Å²) >= 11 is 1.76. The van der Waals surface area contributed by atoms with Crippen LogP contribution in [0.2, 0.25) is 0 Å². The molecule has 2 N–H and O–H groups in total. The first-order chi connectivity index (χ1) is 7.20. The Morgan fingerprint density at radius 2 is 2.33 bits per heavy atom. The molecule has 0 saturated heterocycles. The third kappa shape index (κ3) is 4.95. The first-order valence-electron chi connectivity index (χ1n) is 5.15. The van der Waals surface area contributed by atoms with Gasteiger partial charge in [0, 0.05) is 17.8 Å². The molecule has 0 amide bonds. The first kappa shape index (κ1) is 12.2. The van der Waals surface area contributed by atoms with Crippen LogP contribution in [0.4, 0.5) is 0 Å². The molecular weight excluding hydrogens is 210 g/mol. The van der Waals surface area contributed by atoms with Crippen molar-refractivity contribution in [1.82, 2.24) is 5.32 Å². The molecule has 0 aliphatic carbocycles. The van der Waals surface area contributed by atoms with Crippen LogP contribution in [0.1, 0.15) is 29.7 Å². The molecule has 0 radical (unpaired) electrons. The Balaban J connectivity index is 2.03. The number of aryl methyl sites for hydroxylation is 1. The average Bonchev–Trinajstić information content (AvgIpc) is 2.57. The smallest absolute Gasteiger partial charge is 0.303 e. The van der Waals surface area contributed by atoms with Crippen molar-refractivity contribution in [2.45, 2.75) is 32.7 Å². The topological polar surface area (TPSA) is 49.3 Å². The minimum atomic E-state index is -0.705. The Bertz CT molecular complexity index is 309. The van der Waals surface area contributed by atoms with Crippen LogP contribution < -0.4 is 5.32 Å². The van der Waals surface area contributed by atoms with E-state index in [-0.39, 0.29) is 6.42 Å². The van der Waals surface area contributed by atoms with E-state index in [1.807, 2.05) is 0 Å². The largest absolute Gasteiger partial charge is 0.481 e. The van der Waals surface area contributed by atoms with Crippen molar-refractivity contribution in [3.05, 3.63) is 21.9 Å². The zero-order valence-corrected chi connectivity index (χ0v) is 9.77. The highest BCUT2D eigenvalue weighted by Gasteiger charge is 1.99. The van der Waals surface area contributed by atoms with Crippen molar-refractivity contribution in [2.24, 2.45) is 0 Å². The van der Waals surface area contributed by atoms with Crippen LogP contribution in [0.5, 0.6) is 0 Å². The SMILES string of the molecule is Cc1ccsc1CNCCCCC(=O)O. The lowest BCUT2D eigenvalue weighted by atomic mass is 10.2. The Morgan fingerprint density at radius 3 is 2.93 bits per heavy atom. The Labute approximate surface area is 94.1 Å². The lowest BCUT2D eigenvalue weighted by Gasteiger charge is -2.03. The number of aliphatic carboxylic acids is 1. The third-order valence-electron chi connectivity index (χ3n) is 2.25. The van der Waals surface area contributed by atoms with Crippen molar-refractivity contribution >= 4 is 17.3 Å². The van der Waals surface area contributed by atoms with Gasteiger partial charge < -0.3 is 10.4 Å². The van der Waals surface area contributed by atoms with Gasteiger partial charge in [-0.1, -0.05) is 0 Å². The summed E-state index contributed by atoms with van der Waals surface area (Å²) in [4.78, 5) is 11.6. The molecule has 0 aliphatic heterocycles. The zero-order chi connectivity index (χ0) is 11.1. The number of rotatable bonds is 7. The van der Waals surface area contributed by atoms with E-state index in [2.05, 4.69) is 23.7 Å². The van der Waals surface area contributed by atoms with E-state index >= 15 is 0 Å². The highest BCUT2D eigenvalue weighted by Crippen LogP contribution is 2.14. The van der Waals surface area contributed by atoms with Crippen LogP contribution in [-0.4, -0.2) is 17.6 Å². The fourth-order valence-corrected chi connectivity index (χ4v) is 2.19. The number of carbonyl (C=O) groups is 1. The molecule has 1 aromatic heterocycles. The van der Waals surface area contributed by atoms with E-state index in [4.69, 9.17) is 5.11 Å². The van der Waals surface area contributed by atoms with Crippen LogP contribution in [0.25, 0.3) is 0 Å². The maximum atomic E-state index is 10.2. The van der Waals surface area contributed by atoms with Crippen molar-refractivity contribution in [3.63, 3.8) is 0 Å². The standard InChI is InChI=1S/C11H17NO2S/c1-9-5-7-15-10(9)8-12-6-3-2-4-11(13)14/h5,7,12H,2-4,6,8H2,1H3,(H,13,14). The molecule has 1 heterocycles. The summed E-state index contributed by atoms with van der Waals surface area (Å²) < 4.78 is 0. The maximum Gasteiger partial charge on any atom is 0.303 e. The summed E-state index contributed by atoms with van der Waals surface area (Å²) in [6.45, 7) is 3.90. The van der Waals surface area contributed by atoms with Gasteiger partial charge in [0.15, 0.2) is 0 Å². The minimum absolute atomic E-state index is 0.277. The monoisotopic (exact) mass is 227 g/mol. The van der Waals surface area contributed by atoms with E-state index in [1.54, 1.807) is 11.3 Å². The van der Waals surface area contributed by atoms with Gasteiger partial charge in [-0.05, 0) is 43.3 Å². The Kier molecular flexibility index (Phi) is 5.36. The van der Waals surface area contributed by atoms with E-state index in [0.29, 0.717) is 0 Å². The first-order valence-corrected chi connectivity index (χ1v) is 6.03. The summed E-state index contributed by atoms with van der Waals surface area (Å²) in [5, 5.41) is 13.9. The molecule has 84 valence electrons. The second kappa shape index (κ2) is 6.58. The molecule has 3 nitrogen and oxygen atoms in total. The molecule has 4 heteroatoms. The Hall–Kier alpha value is -0.870. The van der Waals surface area contributed by atoms with Crippen LogP contribution in [0.15, 0.2) is 11.4 Å². The lowest BCUT2D eigenvalue weighted by Crippen LogP contribution is -2.14. The molecule has 0 atom stereocenters. The molecule has 0 aliphatic rings. The highest BCUT2D eigenvalue weighted by molar-refractivity contribution is 7.10. The van der Waals surface area contributed by atoms with Gasteiger partial charge in [-0.3, -0.25) is 4.79 Å². The molecular formula is C11H17NO2S.